The molecule has 9 rings (SSSR count). The van der Waals surface area contributed by atoms with E-state index in [1.165, 1.54) is 5.56 Å². The minimum atomic E-state index is 0.816. The smallest absolute Gasteiger partial charge is 0.139 e. The van der Waals surface area contributed by atoms with Gasteiger partial charge in [-0.25, -0.2) is 9.97 Å². The second-order valence-electron chi connectivity index (χ2n) is 10.2. The Kier molecular flexibility index (Phi) is 4.30. The standard InChI is InChI=1S/C36H20N2O2/c1-2-8-21(9-3-1)22-16-18-23(19-17-22)35-36(38-27-12-5-4-11-26(27)37-35)25-20-31-34-32-24(25)10-6-13-28(32)39-29-14-7-15-30(40-31)33(29)34/h1-20H. The van der Waals surface area contributed by atoms with Gasteiger partial charge in [0.25, 0.3) is 0 Å². The SMILES string of the molecule is c1ccc(-c2ccc(-c3nc4ccccc4nc3-c3cc4oc5cccc6c5c4c4c(cccc34)O6)cc2)cc1. The molecular weight excluding hydrogens is 492 g/mol. The first kappa shape index (κ1) is 21.5. The van der Waals surface area contributed by atoms with Gasteiger partial charge in [-0.1, -0.05) is 84.9 Å². The zero-order valence-electron chi connectivity index (χ0n) is 21.3. The molecule has 4 heteroatoms. The summed E-state index contributed by atoms with van der Waals surface area (Å²) in [6.45, 7) is 0. The van der Waals surface area contributed by atoms with Crippen LogP contribution in [0.1, 0.15) is 0 Å². The van der Waals surface area contributed by atoms with E-state index in [1.54, 1.807) is 0 Å². The zero-order valence-corrected chi connectivity index (χ0v) is 21.3. The number of hydrogen-bond donors (Lipinski definition) is 0. The molecule has 3 heterocycles. The van der Waals surface area contributed by atoms with Crippen LogP contribution in [-0.2, 0) is 0 Å². The van der Waals surface area contributed by atoms with E-state index in [4.69, 9.17) is 19.1 Å². The van der Waals surface area contributed by atoms with Crippen molar-refractivity contribution in [3.05, 3.63) is 121 Å². The van der Waals surface area contributed by atoms with Crippen LogP contribution in [0.15, 0.2) is 126 Å². The van der Waals surface area contributed by atoms with Crippen molar-refractivity contribution in [3.63, 3.8) is 0 Å². The molecular formula is C36H20N2O2. The van der Waals surface area contributed by atoms with Crippen molar-refractivity contribution in [2.45, 2.75) is 0 Å². The molecule has 186 valence electrons. The lowest BCUT2D eigenvalue weighted by atomic mass is 9.93. The van der Waals surface area contributed by atoms with Crippen LogP contribution in [-0.4, -0.2) is 9.97 Å². The molecule has 4 nitrogen and oxygen atoms in total. The van der Waals surface area contributed by atoms with Crippen LogP contribution in [0.2, 0.25) is 0 Å². The molecule has 2 aromatic heterocycles. The molecule has 0 aliphatic carbocycles. The van der Waals surface area contributed by atoms with Gasteiger partial charge in [0.1, 0.15) is 22.7 Å². The molecule has 0 amide bonds. The Morgan fingerprint density at radius 2 is 1.10 bits per heavy atom. The molecule has 1 aliphatic heterocycles. The third-order valence-electron chi connectivity index (χ3n) is 7.86. The van der Waals surface area contributed by atoms with Crippen molar-refractivity contribution in [2.75, 3.05) is 0 Å². The van der Waals surface area contributed by atoms with Gasteiger partial charge in [0, 0.05) is 21.9 Å². The van der Waals surface area contributed by atoms with Gasteiger partial charge in [0.15, 0.2) is 0 Å². The number of rotatable bonds is 3. The maximum atomic E-state index is 6.41. The molecule has 1 aliphatic rings. The molecule has 0 radical (unpaired) electrons. The molecule has 0 unspecified atom stereocenters. The number of aromatic nitrogens is 2. The molecule has 0 saturated carbocycles. The molecule has 0 atom stereocenters. The van der Waals surface area contributed by atoms with Gasteiger partial charge in [-0.2, -0.15) is 0 Å². The van der Waals surface area contributed by atoms with E-state index in [0.29, 0.717) is 0 Å². The molecule has 0 saturated heterocycles. The summed E-state index contributed by atoms with van der Waals surface area (Å²) in [7, 11) is 0. The van der Waals surface area contributed by atoms with Crippen LogP contribution in [0.4, 0.5) is 0 Å². The summed E-state index contributed by atoms with van der Waals surface area (Å²) in [5.41, 5.74) is 9.32. The van der Waals surface area contributed by atoms with E-state index in [0.717, 1.165) is 83.3 Å². The van der Waals surface area contributed by atoms with Gasteiger partial charge < -0.3 is 9.15 Å². The fourth-order valence-corrected chi connectivity index (χ4v) is 6.03. The van der Waals surface area contributed by atoms with Crippen LogP contribution in [0, 0.1) is 0 Å². The zero-order chi connectivity index (χ0) is 26.2. The topological polar surface area (TPSA) is 48.2 Å². The Hall–Kier alpha value is -5.48. The maximum Gasteiger partial charge on any atom is 0.139 e. The summed E-state index contributed by atoms with van der Waals surface area (Å²) < 4.78 is 12.8. The molecule has 40 heavy (non-hydrogen) atoms. The summed E-state index contributed by atoms with van der Waals surface area (Å²) >= 11 is 0. The first-order valence-corrected chi connectivity index (χ1v) is 13.3. The van der Waals surface area contributed by atoms with Crippen molar-refractivity contribution >= 4 is 43.7 Å². The second kappa shape index (κ2) is 8.01. The molecule has 6 aromatic carbocycles. The fourth-order valence-electron chi connectivity index (χ4n) is 6.03. The lowest BCUT2D eigenvalue weighted by Crippen LogP contribution is -1.98. The Morgan fingerprint density at radius 3 is 1.90 bits per heavy atom. The fraction of sp³-hybridized carbons (Fsp3) is 0. The van der Waals surface area contributed by atoms with Gasteiger partial charge in [0.2, 0.25) is 0 Å². The van der Waals surface area contributed by atoms with E-state index >= 15 is 0 Å². The lowest BCUT2D eigenvalue weighted by Gasteiger charge is -2.18. The average Bonchev–Trinajstić information content (AvgIpc) is 3.40. The summed E-state index contributed by atoms with van der Waals surface area (Å²) in [4.78, 5) is 10.4. The minimum Gasteiger partial charge on any atom is -0.456 e. The lowest BCUT2D eigenvalue weighted by molar-refractivity contribution is 0.492. The minimum absolute atomic E-state index is 0.816. The number of furan rings is 1. The Balaban J connectivity index is 1.35. The van der Waals surface area contributed by atoms with Gasteiger partial charge in [-0.3, -0.25) is 0 Å². The first-order chi connectivity index (χ1) is 19.8. The van der Waals surface area contributed by atoms with Crippen LogP contribution in [0.5, 0.6) is 11.5 Å². The predicted molar refractivity (Wildman–Crippen MR) is 161 cm³/mol. The molecule has 0 spiro atoms. The van der Waals surface area contributed by atoms with Crippen LogP contribution < -0.4 is 4.74 Å². The summed E-state index contributed by atoms with van der Waals surface area (Å²) in [5, 5.41) is 4.23. The van der Waals surface area contributed by atoms with E-state index in [2.05, 4.69) is 60.7 Å². The van der Waals surface area contributed by atoms with E-state index in [1.807, 2.05) is 60.7 Å². The monoisotopic (exact) mass is 512 g/mol. The third kappa shape index (κ3) is 3.01. The summed E-state index contributed by atoms with van der Waals surface area (Å²) in [5.74, 6) is 1.65. The van der Waals surface area contributed by atoms with Crippen molar-refractivity contribution in [1.82, 2.24) is 9.97 Å². The average molecular weight is 513 g/mol. The Morgan fingerprint density at radius 1 is 0.450 bits per heavy atom. The van der Waals surface area contributed by atoms with Gasteiger partial charge >= 0.3 is 0 Å². The van der Waals surface area contributed by atoms with E-state index < -0.39 is 0 Å². The highest BCUT2D eigenvalue weighted by atomic mass is 16.5. The highest BCUT2D eigenvalue weighted by molar-refractivity contribution is 6.26. The van der Waals surface area contributed by atoms with Crippen LogP contribution in [0.3, 0.4) is 0 Å². The van der Waals surface area contributed by atoms with Crippen LogP contribution >= 0.6 is 0 Å². The Labute approximate surface area is 229 Å². The predicted octanol–water partition coefficient (Wildman–Crippen LogP) is 9.79. The van der Waals surface area contributed by atoms with Crippen molar-refractivity contribution < 1.29 is 9.15 Å². The molecule has 8 aromatic rings. The molecule has 0 N–H and O–H groups in total. The number of benzene rings is 6. The third-order valence-corrected chi connectivity index (χ3v) is 7.86. The largest absolute Gasteiger partial charge is 0.456 e. The summed E-state index contributed by atoms with van der Waals surface area (Å²) in [6, 6.07) is 41.3. The van der Waals surface area contributed by atoms with Crippen LogP contribution in [0.25, 0.3) is 77.4 Å². The van der Waals surface area contributed by atoms with Crippen molar-refractivity contribution in [2.24, 2.45) is 0 Å². The van der Waals surface area contributed by atoms with Crippen molar-refractivity contribution in [1.29, 1.82) is 0 Å². The second-order valence-corrected chi connectivity index (χ2v) is 10.2. The normalized spacial score (nSPS) is 12.2. The maximum absolute atomic E-state index is 6.41. The highest BCUT2D eigenvalue weighted by Gasteiger charge is 2.26. The number of ether oxygens (including phenoxy) is 1. The van der Waals surface area contributed by atoms with E-state index in [-0.39, 0.29) is 0 Å². The molecule has 0 fully saturated rings. The number of para-hydroxylation sites is 2. The van der Waals surface area contributed by atoms with Gasteiger partial charge in [0.05, 0.1) is 27.8 Å². The summed E-state index contributed by atoms with van der Waals surface area (Å²) in [6.07, 6.45) is 0. The quantitative estimate of drug-likeness (QED) is 0.236. The van der Waals surface area contributed by atoms with Gasteiger partial charge in [-0.05, 0) is 52.9 Å². The highest BCUT2D eigenvalue weighted by Crippen LogP contribution is 2.51. The van der Waals surface area contributed by atoms with E-state index in [9.17, 15) is 0 Å². The first-order valence-electron chi connectivity index (χ1n) is 13.3. The number of fused-ring (bicyclic) bond motifs is 1. The number of nitrogens with zero attached hydrogens (tertiary/aromatic N) is 2. The molecule has 0 bridgehead atoms. The van der Waals surface area contributed by atoms with Gasteiger partial charge in [-0.15, -0.1) is 0 Å². The Bertz CT molecular complexity index is 2280. The number of hydrogen-bond acceptors (Lipinski definition) is 4. The van der Waals surface area contributed by atoms with Crippen molar-refractivity contribution in [3.8, 4) is 45.1 Å².